The van der Waals surface area contributed by atoms with Gasteiger partial charge in [-0.2, -0.15) is 0 Å². The number of hydrogen-bond donors (Lipinski definition) is 2. The van der Waals surface area contributed by atoms with Crippen molar-refractivity contribution in [3.63, 3.8) is 0 Å². The number of rotatable bonds is 5. The van der Waals surface area contributed by atoms with E-state index in [4.69, 9.17) is 4.74 Å². The number of thiophene rings is 1. The number of pyridine rings is 1. The second-order valence-electron chi connectivity index (χ2n) is 6.69. The minimum Gasteiger partial charge on any atom is -0.465 e. The van der Waals surface area contributed by atoms with Gasteiger partial charge in [-0.15, -0.1) is 11.3 Å². The molecule has 0 aliphatic carbocycles. The zero-order valence-corrected chi connectivity index (χ0v) is 16.7. The maximum Gasteiger partial charge on any atom is 0.341 e. The number of carbonyl (C=O) groups is 2. The van der Waals surface area contributed by atoms with Gasteiger partial charge in [-0.1, -0.05) is 6.07 Å². The van der Waals surface area contributed by atoms with Gasteiger partial charge in [0.1, 0.15) is 31.2 Å². The highest BCUT2D eigenvalue weighted by Gasteiger charge is 2.28. The predicted octanol–water partition coefficient (Wildman–Crippen LogP) is 0.309. The van der Waals surface area contributed by atoms with Crippen LogP contribution >= 0.6 is 11.3 Å². The molecule has 3 heterocycles. The van der Waals surface area contributed by atoms with Crippen LogP contribution in [0, 0.1) is 13.8 Å². The van der Waals surface area contributed by atoms with Crippen molar-refractivity contribution in [1.82, 2.24) is 0 Å². The molecule has 1 fully saturated rings. The Morgan fingerprint density at radius 1 is 1.30 bits per heavy atom. The van der Waals surface area contributed by atoms with Crippen LogP contribution in [0.4, 0.5) is 10.8 Å². The second-order valence-corrected chi connectivity index (χ2v) is 7.91. The number of anilines is 2. The summed E-state index contributed by atoms with van der Waals surface area (Å²) in [6, 6.07) is 6.04. The summed E-state index contributed by atoms with van der Waals surface area (Å²) in [5.74, 6) is 0.622. The topological polar surface area (TPSA) is 77.2 Å². The Kier molecular flexibility index (Phi) is 6.08. The number of nitrogens with zero attached hydrogens (tertiary/aromatic N) is 1. The molecule has 7 nitrogen and oxygen atoms in total. The summed E-state index contributed by atoms with van der Waals surface area (Å²) in [7, 11) is 1.36. The van der Waals surface area contributed by atoms with Crippen molar-refractivity contribution in [2.75, 3.05) is 50.1 Å². The third-order valence-electron chi connectivity index (χ3n) is 4.94. The van der Waals surface area contributed by atoms with Crippen molar-refractivity contribution in [2.45, 2.75) is 13.8 Å². The van der Waals surface area contributed by atoms with Gasteiger partial charge in [0.15, 0.2) is 6.54 Å². The number of quaternary nitrogens is 1. The number of aromatic nitrogens is 1. The summed E-state index contributed by atoms with van der Waals surface area (Å²) in [5.41, 5.74) is 1.33. The number of amides is 1. The largest absolute Gasteiger partial charge is 0.465 e. The highest BCUT2D eigenvalue weighted by Crippen LogP contribution is 2.32. The summed E-state index contributed by atoms with van der Waals surface area (Å²) in [6.45, 7) is 7.78. The summed E-state index contributed by atoms with van der Waals surface area (Å²) in [4.78, 5) is 32.3. The van der Waals surface area contributed by atoms with E-state index in [9.17, 15) is 9.59 Å². The number of carbonyl (C=O) groups excluding carboxylic acids is 2. The van der Waals surface area contributed by atoms with Gasteiger partial charge < -0.3 is 15.0 Å². The lowest BCUT2D eigenvalue weighted by Gasteiger charge is -2.27. The predicted molar refractivity (Wildman–Crippen MR) is 105 cm³/mol. The Morgan fingerprint density at radius 3 is 2.67 bits per heavy atom. The Bertz CT molecular complexity index is 814. The van der Waals surface area contributed by atoms with Crippen LogP contribution < -0.4 is 20.1 Å². The third kappa shape index (κ3) is 4.45. The Balaban J connectivity index is 1.57. The third-order valence-corrected chi connectivity index (χ3v) is 6.06. The van der Waals surface area contributed by atoms with E-state index in [1.165, 1.54) is 23.3 Å². The molecule has 8 heteroatoms. The molecule has 0 unspecified atom stereocenters. The number of piperazine rings is 1. The van der Waals surface area contributed by atoms with Gasteiger partial charge in [0.05, 0.1) is 18.9 Å². The molecule has 0 atom stereocenters. The molecule has 3 rings (SSSR count). The first kappa shape index (κ1) is 19.3. The van der Waals surface area contributed by atoms with Crippen LogP contribution in [-0.2, 0) is 9.53 Å². The standard InChI is InChI=1S/C19H24N4O3S/c1-13-14(2)27-18(17(13)19(25)26-3)21-16(24)12-22-8-10-23(11-9-22)15-6-4-5-7-20-15/h4-7H,8-12H2,1-3H3,(H,21,24)/p+2. The molecule has 0 saturated carbocycles. The van der Waals surface area contributed by atoms with Gasteiger partial charge in [-0.25, -0.2) is 9.78 Å². The molecule has 0 bridgehead atoms. The molecule has 3 N–H and O–H groups in total. The van der Waals surface area contributed by atoms with Gasteiger partial charge in [0.25, 0.3) is 11.7 Å². The maximum absolute atomic E-state index is 12.5. The molecule has 1 aliphatic heterocycles. The molecule has 2 aromatic rings. The quantitative estimate of drug-likeness (QED) is 0.721. The zero-order valence-electron chi connectivity index (χ0n) is 15.9. The van der Waals surface area contributed by atoms with Crippen LogP contribution in [0.5, 0.6) is 0 Å². The number of H-pyrrole nitrogens is 1. The summed E-state index contributed by atoms with van der Waals surface area (Å²) in [5, 5.41) is 3.50. The van der Waals surface area contributed by atoms with Gasteiger partial charge in [0, 0.05) is 10.9 Å². The number of ether oxygens (including phenoxy) is 1. The Hall–Kier alpha value is -2.45. The first-order chi connectivity index (χ1) is 13.0. The number of nitrogens with one attached hydrogen (secondary N) is 3. The molecule has 1 amide bonds. The summed E-state index contributed by atoms with van der Waals surface area (Å²) >= 11 is 1.42. The average molecular weight is 391 g/mol. The molecule has 1 aliphatic rings. The van der Waals surface area contributed by atoms with Crippen LogP contribution in [0.3, 0.4) is 0 Å². The van der Waals surface area contributed by atoms with E-state index in [1.54, 1.807) is 0 Å². The fraction of sp³-hybridized carbons (Fsp3) is 0.421. The van der Waals surface area contributed by atoms with Crippen molar-refractivity contribution in [1.29, 1.82) is 0 Å². The van der Waals surface area contributed by atoms with Crippen molar-refractivity contribution in [2.24, 2.45) is 0 Å². The molecule has 0 aromatic carbocycles. The fourth-order valence-corrected chi connectivity index (χ4v) is 4.35. The van der Waals surface area contributed by atoms with Crippen LogP contribution in [0.25, 0.3) is 0 Å². The van der Waals surface area contributed by atoms with Crippen LogP contribution in [-0.4, -0.2) is 51.7 Å². The van der Waals surface area contributed by atoms with Crippen LogP contribution in [0.15, 0.2) is 24.4 Å². The lowest BCUT2D eigenvalue weighted by molar-refractivity contribution is -0.892. The van der Waals surface area contributed by atoms with E-state index in [-0.39, 0.29) is 5.91 Å². The first-order valence-electron chi connectivity index (χ1n) is 9.03. The number of methoxy groups -OCH3 is 1. The number of hydrogen-bond acceptors (Lipinski definition) is 5. The van der Waals surface area contributed by atoms with E-state index >= 15 is 0 Å². The van der Waals surface area contributed by atoms with E-state index < -0.39 is 5.97 Å². The molecule has 27 heavy (non-hydrogen) atoms. The number of esters is 1. The number of aryl methyl sites for hydroxylation is 1. The van der Waals surface area contributed by atoms with Crippen molar-refractivity contribution >= 4 is 34.0 Å². The summed E-state index contributed by atoms with van der Waals surface area (Å²) < 4.78 is 4.86. The smallest absolute Gasteiger partial charge is 0.341 e. The molecular weight excluding hydrogens is 364 g/mol. The molecule has 144 valence electrons. The van der Waals surface area contributed by atoms with E-state index in [0.717, 1.165) is 42.4 Å². The van der Waals surface area contributed by atoms with Crippen LogP contribution in [0.2, 0.25) is 0 Å². The minimum atomic E-state index is -0.410. The lowest BCUT2D eigenvalue weighted by Crippen LogP contribution is -3.15. The lowest BCUT2D eigenvalue weighted by atomic mass is 10.1. The average Bonchev–Trinajstić information content (AvgIpc) is 2.95. The molecule has 0 spiro atoms. The first-order valence-corrected chi connectivity index (χ1v) is 9.84. The zero-order chi connectivity index (χ0) is 19.4. The molecule has 0 radical (unpaired) electrons. The SMILES string of the molecule is COC(=O)c1c(NC(=O)C[NH+]2CCN(c3cccc[nH+]3)CC2)sc(C)c1C. The van der Waals surface area contributed by atoms with E-state index in [1.807, 2.05) is 32.2 Å². The Labute approximate surface area is 162 Å². The number of aromatic amines is 1. The molecule has 1 saturated heterocycles. The fourth-order valence-electron chi connectivity index (χ4n) is 3.28. The van der Waals surface area contributed by atoms with E-state index in [0.29, 0.717) is 17.1 Å². The highest BCUT2D eigenvalue weighted by molar-refractivity contribution is 7.16. The van der Waals surface area contributed by atoms with Crippen molar-refractivity contribution < 1.29 is 24.2 Å². The van der Waals surface area contributed by atoms with Gasteiger partial charge in [0.2, 0.25) is 0 Å². The van der Waals surface area contributed by atoms with Gasteiger partial charge in [-0.3, -0.25) is 9.69 Å². The van der Waals surface area contributed by atoms with Crippen molar-refractivity contribution in [3.8, 4) is 0 Å². The normalized spacial score (nSPS) is 14.9. The van der Waals surface area contributed by atoms with E-state index in [2.05, 4.69) is 21.3 Å². The van der Waals surface area contributed by atoms with Gasteiger partial charge >= 0.3 is 5.97 Å². The monoisotopic (exact) mass is 390 g/mol. The second kappa shape index (κ2) is 8.49. The minimum absolute atomic E-state index is 0.0730. The summed E-state index contributed by atoms with van der Waals surface area (Å²) in [6.07, 6.45) is 1.92. The van der Waals surface area contributed by atoms with Crippen molar-refractivity contribution in [3.05, 3.63) is 40.4 Å². The van der Waals surface area contributed by atoms with Gasteiger partial charge in [-0.05, 0) is 25.5 Å². The molecular formula is C19H26N4O3S+2. The molecule has 2 aromatic heterocycles. The maximum atomic E-state index is 12.5. The Morgan fingerprint density at radius 2 is 2.04 bits per heavy atom. The van der Waals surface area contributed by atoms with Crippen LogP contribution in [0.1, 0.15) is 20.8 Å². The highest BCUT2D eigenvalue weighted by atomic mass is 32.1.